The highest BCUT2D eigenvalue weighted by Crippen LogP contribution is 2.43. The lowest BCUT2D eigenvalue weighted by Gasteiger charge is -2.08. The fraction of sp³-hybridized carbons (Fsp3) is 0.357. The molecule has 1 aliphatic rings. The van der Waals surface area contributed by atoms with Crippen LogP contribution in [-0.2, 0) is 4.79 Å². The van der Waals surface area contributed by atoms with Crippen LogP contribution in [0.3, 0.4) is 0 Å². The monoisotopic (exact) mass is 234 g/mol. The van der Waals surface area contributed by atoms with Crippen molar-refractivity contribution in [2.75, 3.05) is 0 Å². The van der Waals surface area contributed by atoms with Gasteiger partial charge in [-0.3, -0.25) is 0 Å². The number of carbonyl (C=O) groups is 1. The predicted octanol–water partition coefficient (Wildman–Crippen LogP) is 3.58. The Morgan fingerprint density at radius 1 is 1.59 bits per heavy atom. The van der Waals surface area contributed by atoms with Crippen molar-refractivity contribution in [3.63, 3.8) is 0 Å². The highest BCUT2D eigenvalue weighted by atomic mass is 19.1. The standard InChI is InChI=1S/C14H15FO2/c1-2-3-9-6-10(7-14(16)17)13-8-11(15)4-5-12(9)13/h4-5,7-9H,2-3,6H2,1H3,(H,16,17). The lowest BCUT2D eigenvalue weighted by molar-refractivity contribution is -0.131. The van der Waals surface area contributed by atoms with E-state index in [1.165, 1.54) is 18.2 Å². The Balaban J connectivity index is 2.44. The molecule has 0 amide bonds. The topological polar surface area (TPSA) is 37.3 Å². The number of benzene rings is 1. The van der Waals surface area contributed by atoms with Gasteiger partial charge in [0.05, 0.1) is 0 Å². The summed E-state index contributed by atoms with van der Waals surface area (Å²) in [5.74, 6) is -0.939. The summed E-state index contributed by atoms with van der Waals surface area (Å²) in [6.45, 7) is 2.10. The average molecular weight is 234 g/mol. The molecule has 0 aliphatic heterocycles. The zero-order chi connectivity index (χ0) is 12.4. The molecule has 0 heterocycles. The number of fused-ring (bicyclic) bond motifs is 1. The van der Waals surface area contributed by atoms with Crippen LogP contribution in [0.4, 0.5) is 4.39 Å². The summed E-state index contributed by atoms with van der Waals surface area (Å²) in [7, 11) is 0. The quantitative estimate of drug-likeness (QED) is 0.811. The second kappa shape index (κ2) is 4.70. The molecule has 0 bridgehead atoms. The highest BCUT2D eigenvalue weighted by Gasteiger charge is 2.26. The van der Waals surface area contributed by atoms with Gasteiger partial charge in [-0.1, -0.05) is 19.4 Å². The van der Waals surface area contributed by atoms with E-state index in [9.17, 15) is 9.18 Å². The van der Waals surface area contributed by atoms with E-state index >= 15 is 0 Å². The van der Waals surface area contributed by atoms with Crippen LogP contribution in [0, 0.1) is 5.82 Å². The summed E-state index contributed by atoms with van der Waals surface area (Å²) >= 11 is 0. The van der Waals surface area contributed by atoms with Crippen molar-refractivity contribution in [1.82, 2.24) is 0 Å². The first-order chi connectivity index (χ1) is 8.11. The van der Waals surface area contributed by atoms with Crippen LogP contribution in [0.15, 0.2) is 24.3 Å². The summed E-state index contributed by atoms with van der Waals surface area (Å²) in [5, 5.41) is 8.81. The van der Waals surface area contributed by atoms with E-state index in [2.05, 4.69) is 6.92 Å². The molecular weight excluding hydrogens is 219 g/mol. The molecule has 1 atom stereocenters. The third kappa shape index (κ3) is 2.38. The van der Waals surface area contributed by atoms with E-state index < -0.39 is 5.97 Å². The fourth-order valence-corrected chi connectivity index (χ4v) is 2.54. The third-order valence-electron chi connectivity index (χ3n) is 3.20. The lowest BCUT2D eigenvalue weighted by Crippen LogP contribution is -1.92. The Morgan fingerprint density at radius 3 is 3.00 bits per heavy atom. The molecule has 0 radical (unpaired) electrons. The van der Waals surface area contributed by atoms with Crippen molar-refractivity contribution in [1.29, 1.82) is 0 Å². The SMILES string of the molecule is CCCC1CC(=CC(=O)O)c2cc(F)ccc21. The Labute approximate surface area is 99.8 Å². The maximum absolute atomic E-state index is 13.2. The van der Waals surface area contributed by atoms with Crippen molar-refractivity contribution in [3.05, 3.63) is 41.2 Å². The van der Waals surface area contributed by atoms with E-state index in [1.807, 2.05) is 0 Å². The van der Waals surface area contributed by atoms with Crippen LogP contribution >= 0.6 is 0 Å². The molecule has 1 aromatic rings. The van der Waals surface area contributed by atoms with Gasteiger partial charge in [0.15, 0.2) is 0 Å². The summed E-state index contributed by atoms with van der Waals surface area (Å²) in [6, 6.07) is 4.68. The predicted molar refractivity (Wildman–Crippen MR) is 64.3 cm³/mol. The Morgan fingerprint density at radius 2 is 2.35 bits per heavy atom. The summed E-state index contributed by atoms with van der Waals surface area (Å²) in [5.41, 5.74) is 2.59. The van der Waals surface area contributed by atoms with Gasteiger partial charge in [-0.05, 0) is 47.6 Å². The highest BCUT2D eigenvalue weighted by molar-refractivity contribution is 5.92. The molecule has 17 heavy (non-hydrogen) atoms. The minimum Gasteiger partial charge on any atom is -0.478 e. The van der Waals surface area contributed by atoms with Crippen LogP contribution < -0.4 is 0 Å². The average Bonchev–Trinajstić information content (AvgIpc) is 2.56. The lowest BCUT2D eigenvalue weighted by atomic mass is 9.97. The number of hydrogen-bond acceptors (Lipinski definition) is 1. The van der Waals surface area contributed by atoms with Crippen molar-refractivity contribution in [2.24, 2.45) is 0 Å². The molecule has 0 saturated heterocycles. The summed E-state index contributed by atoms with van der Waals surface area (Å²) in [4.78, 5) is 10.7. The van der Waals surface area contributed by atoms with Gasteiger partial charge >= 0.3 is 5.97 Å². The fourth-order valence-electron chi connectivity index (χ4n) is 2.54. The van der Waals surface area contributed by atoms with Gasteiger partial charge in [0, 0.05) is 6.08 Å². The first-order valence-electron chi connectivity index (χ1n) is 5.85. The number of halogens is 1. The van der Waals surface area contributed by atoms with E-state index in [1.54, 1.807) is 6.07 Å². The Hall–Kier alpha value is -1.64. The zero-order valence-electron chi connectivity index (χ0n) is 9.74. The van der Waals surface area contributed by atoms with Gasteiger partial charge in [-0.25, -0.2) is 9.18 Å². The number of allylic oxidation sites excluding steroid dienone is 1. The van der Waals surface area contributed by atoms with Crippen molar-refractivity contribution < 1.29 is 14.3 Å². The Kier molecular flexibility index (Phi) is 3.27. The summed E-state index contributed by atoms with van der Waals surface area (Å²) < 4.78 is 13.2. The van der Waals surface area contributed by atoms with Crippen LogP contribution in [0.2, 0.25) is 0 Å². The first-order valence-corrected chi connectivity index (χ1v) is 5.85. The molecule has 1 aliphatic carbocycles. The molecule has 0 aromatic heterocycles. The normalized spacial score (nSPS) is 20.6. The maximum atomic E-state index is 13.2. The number of carboxylic acid groups (broad SMARTS) is 1. The molecule has 1 N–H and O–H groups in total. The molecule has 3 heteroatoms. The largest absolute Gasteiger partial charge is 0.478 e. The zero-order valence-corrected chi connectivity index (χ0v) is 9.74. The molecule has 1 unspecified atom stereocenters. The molecule has 2 nitrogen and oxygen atoms in total. The van der Waals surface area contributed by atoms with E-state index in [0.717, 1.165) is 29.5 Å². The molecule has 2 rings (SSSR count). The third-order valence-corrected chi connectivity index (χ3v) is 3.20. The van der Waals surface area contributed by atoms with Crippen molar-refractivity contribution >= 4 is 11.5 Å². The van der Waals surface area contributed by atoms with Gasteiger partial charge in [0.2, 0.25) is 0 Å². The number of aliphatic carboxylic acids is 1. The van der Waals surface area contributed by atoms with E-state index in [-0.39, 0.29) is 5.82 Å². The number of rotatable bonds is 3. The smallest absolute Gasteiger partial charge is 0.328 e. The molecule has 1 aromatic carbocycles. The molecular formula is C14H15FO2. The maximum Gasteiger partial charge on any atom is 0.328 e. The first kappa shape index (κ1) is 11.8. The minimum absolute atomic E-state index is 0.308. The molecule has 0 fully saturated rings. The number of carboxylic acids is 1. The number of hydrogen-bond donors (Lipinski definition) is 1. The molecule has 90 valence electrons. The van der Waals surface area contributed by atoms with Crippen LogP contribution in [-0.4, -0.2) is 11.1 Å². The Bertz CT molecular complexity index is 477. The van der Waals surface area contributed by atoms with Gasteiger partial charge in [0.25, 0.3) is 0 Å². The van der Waals surface area contributed by atoms with Gasteiger partial charge in [-0.15, -0.1) is 0 Å². The summed E-state index contributed by atoms with van der Waals surface area (Å²) in [6.07, 6.45) is 3.96. The second-order valence-corrected chi connectivity index (χ2v) is 4.43. The van der Waals surface area contributed by atoms with Crippen molar-refractivity contribution in [2.45, 2.75) is 32.1 Å². The van der Waals surface area contributed by atoms with Crippen LogP contribution in [0.1, 0.15) is 43.2 Å². The van der Waals surface area contributed by atoms with E-state index in [4.69, 9.17) is 5.11 Å². The van der Waals surface area contributed by atoms with E-state index in [0.29, 0.717) is 12.3 Å². The molecule has 0 spiro atoms. The van der Waals surface area contributed by atoms with Gasteiger partial charge in [-0.2, -0.15) is 0 Å². The second-order valence-electron chi connectivity index (χ2n) is 4.43. The van der Waals surface area contributed by atoms with Gasteiger partial charge < -0.3 is 5.11 Å². The van der Waals surface area contributed by atoms with Crippen LogP contribution in [0.5, 0.6) is 0 Å². The molecule has 0 saturated carbocycles. The van der Waals surface area contributed by atoms with Crippen molar-refractivity contribution in [3.8, 4) is 0 Å². The van der Waals surface area contributed by atoms with Crippen LogP contribution in [0.25, 0.3) is 5.57 Å². The van der Waals surface area contributed by atoms with Gasteiger partial charge in [0.1, 0.15) is 5.82 Å². The minimum atomic E-state index is -0.965.